The molecule has 1 unspecified atom stereocenters. The zero-order chi connectivity index (χ0) is 34.4. The van der Waals surface area contributed by atoms with E-state index < -0.39 is 7.14 Å². The highest BCUT2D eigenvalue weighted by Crippen LogP contribution is 2.54. The van der Waals surface area contributed by atoms with Crippen LogP contribution in [0.1, 0.15) is 0 Å². The zero-order valence-electron chi connectivity index (χ0n) is 27.4. The number of nitrogens with zero attached hydrogens (tertiary/aromatic N) is 8. The van der Waals surface area contributed by atoms with E-state index in [1.807, 2.05) is 124 Å². The maximum Gasteiger partial charge on any atom is 0.242 e. The van der Waals surface area contributed by atoms with Gasteiger partial charge in [0.25, 0.3) is 0 Å². The third-order valence-electron chi connectivity index (χ3n) is 9.99. The van der Waals surface area contributed by atoms with Crippen molar-refractivity contribution in [3.05, 3.63) is 152 Å². The summed E-state index contributed by atoms with van der Waals surface area (Å²) in [7, 11) is -3.21. The summed E-state index contributed by atoms with van der Waals surface area (Å²) in [5.41, 5.74) is 5.50. The largest absolute Gasteiger partial charge is 0.309 e. The van der Waals surface area contributed by atoms with Crippen molar-refractivity contribution in [3.63, 3.8) is 0 Å². The van der Waals surface area contributed by atoms with Crippen molar-refractivity contribution in [2.75, 3.05) is 0 Å². The SMILES string of the molecule is O=P1(c2ccccc2)c2ccccc2-c2c(-c3nc(-n4c5ccccc5c5cccnc54)nc(-n4c5ncccc5c5cccnc54)n3)cccc21. The normalized spacial score (nSPS) is 15.1. The molecule has 0 saturated heterocycles. The standard InChI is InChI=1S/C42H25N8OP/c51-52(26-12-2-1-3-13-26)34-21-7-5-15-31(34)36-32(16-8-22-35(36)52)37-46-41(49-33-20-6-4-14-27(33)28-17-9-23-43-38(28)49)48-42(47-37)50-39-29(18-10-24-44-39)30-19-11-25-45-40(30)50/h1-25H. The van der Waals surface area contributed by atoms with Crippen LogP contribution in [-0.2, 0) is 4.57 Å². The van der Waals surface area contributed by atoms with Gasteiger partial charge in [0.1, 0.15) is 16.9 Å². The molecule has 10 heteroatoms. The van der Waals surface area contributed by atoms with Gasteiger partial charge in [-0.3, -0.25) is 4.57 Å². The molecule has 1 aliphatic rings. The van der Waals surface area contributed by atoms with Gasteiger partial charge in [-0.25, -0.2) is 19.5 Å². The van der Waals surface area contributed by atoms with Crippen LogP contribution in [0.5, 0.6) is 0 Å². The summed E-state index contributed by atoms with van der Waals surface area (Å²) in [6, 6.07) is 43.7. The van der Waals surface area contributed by atoms with Gasteiger partial charge in [-0.05, 0) is 48.0 Å². The second kappa shape index (κ2) is 10.8. The predicted octanol–water partition coefficient (Wildman–Crippen LogP) is 7.54. The summed E-state index contributed by atoms with van der Waals surface area (Å²) in [5, 5.41) is 6.25. The van der Waals surface area contributed by atoms with Crippen LogP contribution < -0.4 is 15.9 Å². The quantitative estimate of drug-likeness (QED) is 0.176. The Kier molecular flexibility index (Phi) is 6.03. The molecule has 7 heterocycles. The fraction of sp³-hybridized carbons (Fsp3) is 0. The summed E-state index contributed by atoms with van der Waals surface area (Å²) in [6.45, 7) is 0. The zero-order valence-corrected chi connectivity index (χ0v) is 28.3. The van der Waals surface area contributed by atoms with Gasteiger partial charge >= 0.3 is 0 Å². The topological polar surface area (TPSA) is 104 Å². The number of pyridine rings is 3. The van der Waals surface area contributed by atoms with Gasteiger partial charge in [-0.15, -0.1) is 0 Å². The third kappa shape index (κ3) is 3.91. The number of para-hydroxylation sites is 1. The highest BCUT2D eigenvalue weighted by molar-refractivity contribution is 7.86. The van der Waals surface area contributed by atoms with E-state index in [0.29, 0.717) is 29.0 Å². The monoisotopic (exact) mass is 688 g/mol. The number of aromatic nitrogens is 8. The molecule has 0 amide bonds. The minimum absolute atomic E-state index is 0.356. The van der Waals surface area contributed by atoms with Gasteiger partial charge in [0.15, 0.2) is 13.0 Å². The summed E-state index contributed by atoms with van der Waals surface area (Å²) >= 11 is 0. The number of benzene rings is 4. The molecule has 244 valence electrons. The van der Waals surface area contributed by atoms with E-state index in [2.05, 4.69) is 18.2 Å². The molecule has 0 spiro atoms. The Morgan fingerprint density at radius 1 is 0.442 bits per heavy atom. The van der Waals surface area contributed by atoms with Crippen molar-refractivity contribution in [2.45, 2.75) is 0 Å². The van der Waals surface area contributed by atoms with Gasteiger partial charge in [-0.2, -0.15) is 15.0 Å². The van der Waals surface area contributed by atoms with Crippen LogP contribution in [-0.4, -0.2) is 39.0 Å². The Morgan fingerprint density at radius 2 is 0.981 bits per heavy atom. The highest BCUT2D eigenvalue weighted by atomic mass is 31.2. The number of hydrogen-bond acceptors (Lipinski definition) is 7. The fourth-order valence-corrected chi connectivity index (χ4v) is 10.9. The molecule has 0 N–H and O–H groups in total. The highest BCUT2D eigenvalue weighted by Gasteiger charge is 2.41. The van der Waals surface area contributed by atoms with Gasteiger partial charge in [0.05, 0.1) is 5.52 Å². The predicted molar refractivity (Wildman–Crippen MR) is 206 cm³/mol. The van der Waals surface area contributed by atoms with Gasteiger partial charge < -0.3 is 4.57 Å². The Bertz CT molecular complexity index is 2890. The summed E-state index contributed by atoms with van der Waals surface area (Å²) in [6.07, 6.45) is 5.31. The Labute approximate surface area is 296 Å². The molecule has 4 aromatic carbocycles. The number of rotatable bonds is 4. The van der Waals surface area contributed by atoms with E-state index in [4.69, 9.17) is 29.9 Å². The molecular formula is C42H25N8OP. The lowest BCUT2D eigenvalue weighted by atomic mass is 9.99. The molecule has 0 radical (unpaired) electrons. The second-order valence-corrected chi connectivity index (χ2v) is 15.4. The fourth-order valence-electron chi connectivity index (χ4n) is 7.81. The first-order valence-electron chi connectivity index (χ1n) is 16.9. The molecule has 0 aliphatic carbocycles. The Morgan fingerprint density at radius 3 is 1.71 bits per heavy atom. The first-order chi connectivity index (χ1) is 25.7. The minimum Gasteiger partial charge on any atom is -0.309 e. The van der Waals surface area contributed by atoms with E-state index in [9.17, 15) is 0 Å². The first kappa shape index (κ1) is 29.0. The second-order valence-electron chi connectivity index (χ2n) is 12.7. The van der Waals surface area contributed by atoms with E-state index in [-0.39, 0.29) is 0 Å². The first-order valence-corrected chi connectivity index (χ1v) is 18.6. The molecule has 1 aliphatic heterocycles. The smallest absolute Gasteiger partial charge is 0.242 e. The molecule has 0 bridgehead atoms. The van der Waals surface area contributed by atoms with Crippen LogP contribution in [0.25, 0.3) is 78.4 Å². The van der Waals surface area contributed by atoms with E-state index in [1.165, 1.54) is 0 Å². The molecule has 9 nitrogen and oxygen atoms in total. The number of fused-ring (bicyclic) bond motifs is 9. The van der Waals surface area contributed by atoms with Crippen LogP contribution in [0.3, 0.4) is 0 Å². The summed E-state index contributed by atoms with van der Waals surface area (Å²) in [4.78, 5) is 30.1. The minimum atomic E-state index is -3.21. The summed E-state index contributed by atoms with van der Waals surface area (Å²) < 4.78 is 19.3. The Balaban J connectivity index is 1.26. The average molecular weight is 689 g/mol. The molecule has 52 heavy (non-hydrogen) atoms. The molecule has 11 rings (SSSR count). The van der Waals surface area contributed by atoms with Crippen molar-refractivity contribution >= 4 is 67.1 Å². The molecule has 0 saturated carbocycles. The average Bonchev–Trinajstić information content (AvgIpc) is 3.83. The van der Waals surface area contributed by atoms with Crippen molar-refractivity contribution in [3.8, 4) is 34.4 Å². The van der Waals surface area contributed by atoms with Crippen molar-refractivity contribution in [2.24, 2.45) is 0 Å². The maximum absolute atomic E-state index is 15.5. The molecule has 10 aromatic rings. The van der Waals surface area contributed by atoms with Crippen molar-refractivity contribution in [1.82, 2.24) is 39.0 Å². The summed E-state index contributed by atoms with van der Waals surface area (Å²) in [5.74, 6) is 1.17. The number of hydrogen-bond donors (Lipinski definition) is 0. The van der Waals surface area contributed by atoms with Gasteiger partial charge in [0, 0.05) is 67.2 Å². The molecule has 6 aromatic heterocycles. The molecule has 0 fully saturated rings. The van der Waals surface area contributed by atoms with Gasteiger partial charge in [-0.1, -0.05) is 91.0 Å². The van der Waals surface area contributed by atoms with Crippen molar-refractivity contribution < 1.29 is 4.57 Å². The van der Waals surface area contributed by atoms with Crippen LogP contribution in [0, 0.1) is 0 Å². The maximum atomic E-state index is 15.5. The van der Waals surface area contributed by atoms with Crippen LogP contribution >= 0.6 is 7.14 Å². The lowest BCUT2D eigenvalue weighted by molar-refractivity contribution is 0.593. The lowest BCUT2D eigenvalue weighted by Crippen LogP contribution is -2.20. The molecular weight excluding hydrogens is 663 g/mol. The van der Waals surface area contributed by atoms with Crippen molar-refractivity contribution in [1.29, 1.82) is 0 Å². The van der Waals surface area contributed by atoms with E-state index >= 15 is 4.57 Å². The van der Waals surface area contributed by atoms with Crippen LogP contribution in [0.15, 0.2) is 152 Å². The van der Waals surface area contributed by atoms with E-state index in [1.54, 1.807) is 18.6 Å². The molecule has 1 atom stereocenters. The van der Waals surface area contributed by atoms with E-state index in [0.717, 1.165) is 65.3 Å². The lowest BCUT2D eigenvalue weighted by Gasteiger charge is -2.16. The van der Waals surface area contributed by atoms with Gasteiger partial charge in [0.2, 0.25) is 11.9 Å². The third-order valence-corrected chi connectivity index (χ3v) is 13.1. The Hall–Kier alpha value is -6.83. The van der Waals surface area contributed by atoms with Crippen LogP contribution in [0.4, 0.5) is 0 Å². The van der Waals surface area contributed by atoms with Crippen LogP contribution in [0.2, 0.25) is 0 Å².